The normalized spacial score (nSPS) is 20.6. The number of aliphatic hydroxyl groups is 1. The maximum atomic E-state index is 11.7. The van der Waals surface area contributed by atoms with Gasteiger partial charge in [0.05, 0.1) is 17.6 Å². The van der Waals surface area contributed by atoms with Crippen molar-refractivity contribution in [1.82, 2.24) is 4.98 Å². The number of halogens is 1. The highest BCUT2D eigenvalue weighted by molar-refractivity contribution is 9.10. The number of aryl methyl sites for hydroxylation is 1. The van der Waals surface area contributed by atoms with Crippen LogP contribution in [0.4, 0.5) is 5.69 Å². The van der Waals surface area contributed by atoms with Crippen molar-refractivity contribution in [2.24, 2.45) is 5.92 Å². The minimum absolute atomic E-state index is 0.0487. The van der Waals surface area contributed by atoms with E-state index in [1.807, 2.05) is 13.0 Å². The zero-order chi connectivity index (χ0) is 11.7. The van der Waals surface area contributed by atoms with E-state index in [4.69, 9.17) is 5.11 Å². The van der Waals surface area contributed by atoms with Gasteiger partial charge in [-0.1, -0.05) is 0 Å². The predicted octanol–water partition coefficient (Wildman–Crippen LogP) is 1.50. The van der Waals surface area contributed by atoms with Crippen LogP contribution in [0, 0.1) is 12.8 Å². The average molecular weight is 285 g/mol. The minimum Gasteiger partial charge on any atom is -0.396 e. The van der Waals surface area contributed by atoms with Gasteiger partial charge in [-0.25, -0.2) is 0 Å². The highest BCUT2D eigenvalue weighted by Gasteiger charge is 2.30. The topological polar surface area (TPSA) is 53.4 Å². The molecule has 2 heterocycles. The first-order chi connectivity index (χ1) is 7.61. The van der Waals surface area contributed by atoms with Crippen LogP contribution >= 0.6 is 15.9 Å². The Hall–Kier alpha value is -0.940. The third kappa shape index (κ3) is 2.10. The summed E-state index contributed by atoms with van der Waals surface area (Å²) in [5.74, 6) is 0.101. The summed E-state index contributed by atoms with van der Waals surface area (Å²) < 4.78 is 0.894. The van der Waals surface area contributed by atoms with Crippen molar-refractivity contribution < 1.29 is 9.90 Å². The number of aromatic nitrogens is 1. The number of anilines is 1. The third-order valence-electron chi connectivity index (χ3n) is 2.79. The smallest absolute Gasteiger partial charge is 0.227 e. The number of rotatable bonds is 2. The summed E-state index contributed by atoms with van der Waals surface area (Å²) >= 11 is 3.40. The molecule has 1 saturated heterocycles. The fourth-order valence-corrected chi connectivity index (χ4v) is 2.13. The predicted molar refractivity (Wildman–Crippen MR) is 64.2 cm³/mol. The highest BCUT2D eigenvalue weighted by Crippen LogP contribution is 2.27. The maximum Gasteiger partial charge on any atom is 0.227 e. The van der Waals surface area contributed by atoms with E-state index in [9.17, 15) is 4.79 Å². The lowest BCUT2D eigenvalue weighted by Crippen LogP contribution is -2.25. The average Bonchev–Trinajstić information content (AvgIpc) is 2.64. The first-order valence-electron chi connectivity index (χ1n) is 5.15. The van der Waals surface area contributed by atoms with E-state index < -0.39 is 0 Å². The Labute approximate surface area is 102 Å². The molecule has 0 aromatic carbocycles. The zero-order valence-corrected chi connectivity index (χ0v) is 10.6. The number of hydrogen-bond acceptors (Lipinski definition) is 3. The quantitative estimate of drug-likeness (QED) is 0.896. The summed E-state index contributed by atoms with van der Waals surface area (Å²) in [6, 6.07) is 1.89. The summed E-state index contributed by atoms with van der Waals surface area (Å²) in [6.07, 6.45) is 2.11. The lowest BCUT2D eigenvalue weighted by atomic mass is 10.1. The number of carbonyl (C=O) groups is 1. The lowest BCUT2D eigenvalue weighted by molar-refractivity contribution is -0.117. The van der Waals surface area contributed by atoms with Crippen LogP contribution in [-0.2, 0) is 4.79 Å². The molecule has 1 aliphatic rings. The van der Waals surface area contributed by atoms with Crippen LogP contribution in [0.1, 0.15) is 12.1 Å². The number of carbonyl (C=O) groups excluding carboxylic acids is 1. The molecule has 0 aliphatic carbocycles. The Kier molecular flexibility index (Phi) is 3.25. The van der Waals surface area contributed by atoms with Gasteiger partial charge in [0, 0.05) is 30.0 Å². The fraction of sp³-hybridized carbons (Fsp3) is 0.455. The Morgan fingerprint density at radius 1 is 1.69 bits per heavy atom. The molecule has 1 aromatic rings. The van der Waals surface area contributed by atoms with Crippen LogP contribution in [0.3, 0.4) is 0 Å². The van der Waals surface area contributed by atoms with Crippen LogP contribution < -0.4 is 4.90 Å². The molecule has 0 saturated carbocycles. The monoisotopic (exact) mass is 284 g/mol. The fourth-order valence-electron chi connectivity index (χ4n) is 1.80. The zero-order valence-electron chi connectivity index (χ0n) is 8.98. The molecule has 0 spiro atoms. The van der Waals surface area contributed by atoms with Gasteiger partial charge >= 0.3 is 0 Å². The molecule has 5 heteroatoms. The molecule has 1 fully saturated rings. The maximum absolute atomic E-state index is 11.7. The molecular formula is C11H13BrN2O2. The van der Waals surface area contributed by atoms with E-state index in [2.05, 4.69) is 20.9 Å². The van der Waals surface area contributed by atoms with E-state index >= 15 is 0 Å². The number of pyridine rings is 1. The van der Waals surface area contributed by atoms with E-state index in [1.165, 1.54) is 0 Å². The van der Waals surface area contributed by atoms with Gasteiger partial charge in [-0.15, -0.1) is 0 Å². The highest BCUT2D eigenvalue weighted by atomic mass is 79.9. The van der Waals surface area contributed by atoms with E-state index in [0.717, 1.165) is 15.9 Å². The third-order valence-corrected chi connectivity index (χ3v) is 3.59. The second kappa shape index (κ2) is 4.51. The molecule has 86 valence electrons. The van der Waals surface area contributed by atoms with Crippen LogP contribution in [0.2, 0.25) is 0 Å². The summed E-state index contributed by atoms with van der Waals surface area (Å²) in [4.78, 5) is 17.6. The van der Waals surface area contributed by atoms with Crippen molar-refractivity contribution in [3.8, 4) is 0 Å². The van der Waals surface area contributed by atoms with Gasteiger partial charge in [0.15, 0.2) is 0 Å². The van der Waals surface area contributed by atoms with Gasteiger partial charge in [-0.2, -0.15) is 0 Å². The summed E-state index contributed by atoms with van der Waals surface area (Å²) in [7, 11) is 0. The van der Waals surface area contributed by atoms with E-state index in [0.29, 0.717) is 13.0 Å². The largest absolute Gasteiger partial charge is 0.396 e. The molecule has 1 aromatic heterocycles. The second-order valence-electron chi connectivity index (χ2n) is 4.02. The van der Waals surface area contributed by atoms with Crippen molar-refractivity contribution in [1.29, 1.82) is 0 Å². The van der Waals surface area contributed by atoms with Crippen LogP contribution in [0.15, 0.2) is 16.7 Å². The summed E-state index contributed by atoms with van der Waals surface area (Å²) in [6.45, 7) is 2.53. The molecule has 1 aliphatic heterocycles. The molecule has 0 bridgehead atoms. The molecule has 1 atom stereocenters. The van der Waals surface area contributed by atoms with Gasteiger partial charge in [0.25, 0.3) is 0 Å². The number of nitrogens with zero attached hydrogens (tertiary/aromatic N) is 2. The van der Waals surface area contributed by atoms with Crippen LogP contribution in [0.25, 0.3) is 0 Å². The standard InChI is InChI=1S/C11H13BrN2O2/c1-7-10(12)3-9(4-13-7)14-5-8(6-15)2-11(14)16/h3-4,8,15H,2,5-6H2,1H3. The number of aliphatic hydroxyl groups excluding tert-OH is 1. The number of hydrogen-bond donors (Lipinski definition) is 1. The Morgan fingerprint density at radius 2 is 2.44 bits per heavy atom. The molecule has 2 rings (SSSR count). The van der Waals surface area contributed by atoms with Crippen molar-refractivity contribution >= 4 is 27.5 Å². The molecular weight excluding hydrogens is 272 g/mol. The SMILES string of the molecule is Cc1ncc(N2CC(CO)CC2=O)cc1Br. The molecule has 1 N–H and O–H groups in total. The first kappa shape index (κ1) is 11.5. The van der Waals surface area contributed by atoms with E-state index in [-0.39, 0.29) is 18.4 Å². The van der Waals surface area contributed by atoms with E-state index in [1.54, 1.807) is 11.1 Å². The summed E-state index contributed by atoms with van der Waals surface area (Å²) in [5.41, 5.74) is 1.69. The van der Waals surface area contributed by atoms with Crippen molar-refractivity contribution in [3.63, 3.8) is 0 Å². The van der Waals surface area contributed by atoms with Crippen molar-refractivity contribution in [2.75, 3.05) is 18.1 Å². The van der Waals surface area contributed by atoms with Gasteiger partial charge in [-0.3, -0.25) is 9.78 Å². The minimum atomic E-state index is 0.0487. The first-order valence-corrected chi connectivity index (χ1v) is 5.94. The van der Waals surface area contributed by atoms with Gasteiger partial charge < -0.3 is 10.0 Å². The lowest BCUT2D eigenvalue weighted by Gasteiger charge is -2.16. The van der Waals surface area contributed by atoms with Gasteiger partial charge in [0.2, 0.25) is 5.91 Å². The molecule has 1 unspecified atom stereocenters. The molecule has 4 nitrogen and oxygen atoms in total. The molecule has 16 heavy (non-hydrogen) atoms. The Balaban J connectivity index is 2.24. The second-order valence-corrected chi connectivity index (χ2v) is 4.87. The van der Waals surface area contributed by atoms with Crippen molar-refractivity contribution in [3.05, 3.63) is 22.4 Å². The molecule has 0 radical (unpaired) electrons. The van der Waals surface area contributed by atoms with Crippen LogP contribution in [0.5, 0.6) is 0 Å². The Bertz CT molecular complexity index is 422. The Morgan fingerprint density at radius 3 is 3.00 bits per heavy atom. The van der Waals surface area contributed by atoms with Gasteiger partial charge in [0.1, 0.15) is 0 Å². The summed E-state index contributed by atoms with van der Waals surface area (Å²) in [5, 5.41) is 9.04. The molecule has 1 amide bonds. The van der Waals surface area contributed by atoms with Crippen LogP contribution in [-0.4, -0.2) is 29.1 Å². The van der Waals surface area contributed by atoms with Crippen molar-refractivity contribution in [2.45, 2.75) is 13.3 Å². The van der Waals surface area contributed by atoms with Gasteiger partial charge in [-0.05, 0) is 28.9 Å². The number of amides is 1.